The van der Waals surface area contributed by atoms with Gasteiger partial charge in [-0.15, -0.1) is 0 Å². The van der Waals surface area contributed by atoms with Crippen LogP contribution in [0.1, 0.15) is 30.5 Å². The minimum absolute atomic E-state index is 0.327. The predicted molar refractivity (Wildman–Crippen MR) is 165 cm³/mol. The molecule has 0 saturated carbocycles. The number of hydrogen-bond acceptors (Lipinski definition) is 5. The SMILES string of the molecule is CC1(C)c2ccc(C#N)cc2Oc2ccc(-c3cc(-c4ccc(-c5ccccn5)cc4)nc(-c4ccccc4)n3)cc21. The van der Waals surface area contributed by atoms with E-state index in [-0.39, 0.29) is 5.41 Å². The van der Waals surface area contributed by atoms with Gasteiger partial charge in [0.15, 0.2) is 5.82 Å². The van der Waals surface area contributed by atoms with E-state index in [1.807, 2.05) is 84.9 Å². The molecule has 3 heterocycles. The van der Waals surface area contributed by atoms with Crippen LogP contribution in [0.2, 0.25) is 0 Å². The Balaban J connectivity index is 1.33. The second kappa shape index (κ2) is 10.1. The number of nitrogens with zero attached hydrogens (tertiary/aromatic N) is 4. The molecule has 0 N–H and O–H groups in total. The van der Waals surface area contributed by atoms with Gasteiger partial charge in [0.25, 0.3) is 0 Å². The lowest BCUT2D eigenvalue weighted by atomic mass is 9.75. The molecule has 0 unspecified atom stereocenters. The lowest BCUT2D eigenvalue weighted by molar-refractivity contribution is 0.418. The maximum Gasteiger partial charge on any atom is 0.160 e. The molecule has 7 rings (SSSR count). The Hall–Kier alpha value is -5.60. The molecule has 0 bridgehead atoms. The topological polar surface area (TPSA) is 71.7 Å². The Bertz CT molecular complexity index is 1980. The fourth-order valence-corrected chi connectivity index (χ4v) is 5.53. The van der Waals surface area contributed by atoms with Gasteiger partial charge in [-0.2, -0.15) is 5.26 Å². The highest BCUT2D eigenvalue weighted by atomic mass is 16.5. The van der Waals surface area contributed by atoms with Crippen molar-refractivity contribution in [3.63, 3.8) is 0 Å². The van der Waals surface area contributed by atoms with Crippen LogP contribution in [0.5, 0.6) is 11.5 Å². The number of benzene rings is 4. The third-order valence-corrected chi connectivity index (χ3v) is 7.85. The minimum Gasteiger partial charge on any atom is -0.457 e. The van der Waals surface area contributed by atoms with Crippen molar-refractivity contribution in [2.75, 3.05) is 0 Å². The van der Waals surface area contributed by atoms with Crippen LogP contribution >= 0.6 is 0 Å². The van der Waals surface area contributed by atoms with E-state index in [1.165, 1.54) is 0 Å². The van der Waals surface area contributed by atoms with E-state index in [2.05, 4.69) is 55.2 Å². The van der Waals surface area contributed by atoms with Gasteiger partial charge in [0, 0.05) is 45.0 Å². The van der Waals surface area contributed by atoms with Crippen LogP contribution in [-0.4, -0.2) is 15.0 Å². The second-order valence-electron chi connectivity index (χ2n) is 10.9. The third kappa shape index (κ3) is 4.49. The molecule has 200 valence electrons. The largest absolute Gasteiger partial charge is 0.457 e. The van der Waals surface area contributed by atoms with Crippen LogP contribution in [0, 0.1) is 11.3 Å². The number of aromatic nitrogens is 3. The normalized spacial score (nSPS) is 12.9. The first-order valence-electron chi connectivity index (χ1n) is 13.8. The number of rotatable bonds is 4. The fraction of sp³-hybridized carbons (Fsp3) is 0.0811. The summed E-state index contributed by atoms with van der Waals surface area (Å²) in [6, 6.07) is 40.4. The Morgan fingerprint density at radius 3 is 2.00 bits per heavy atom. The van der Waals surface area contributed by atoms with Crippen LogP contribution in [0.15, 0.2) is 121 Å². The summed E-state index contributed by atoms with van der Waals surface area (Å²) in [5, 5.41) is 9.38. The lowest BCUT2D eigenvalue weighted by Gasteiger charge is -2.34. The van der Waals surface area contributed by atoms with Crippen molar-refractivity contribution in [1.82, 2.24) is 15.0 Å². The fourth-order valence-electron chi connectivity index (χ4n) is 5.53. The van der Waals surface area contributed by atoms with Gasteiger partial charge in [0.05, 0.1) is 28.7 Å². The molecule has 5 nitrogen and oxygen atoms in total. The highest BCUT2D eigenvalue weighted by molar-refractivity contribution is 5.75. The lowest BCUT2D eigenvalue weighted by Crippen LogP contribution is -2.24. The molecule has 0 saturated heterocycles. The molecule has 6 aromatic rings. The molecule has 1 aliphatic heterocycles. The molecule has 0 radical (unpaired) electrons. The number of ether oxygens (including phenoxy) is 1. The van der Waals surface area contributed by atoms with E-state index in [9.17, 15) is 5.26 Å². The van der Waals surface area contributed by atoms with Crippen LogP contribution < -0.4 is 4.74 Å². The van der Waals surface area contributed by atoms with Gasteiger partial charge in [-0.25, -0.2) is 9.97 Å². The van der Waals surface area contributed by atoms with Crippen LogP contribution in [0.3, 0.4) is 0 Å². The maximum atomic E-state index is 9.38. The molecule has 1 aliphatic rings. The van der Waals surface area contributed by atoms with E-state index in [0.29, 0.717) is 11.4 Å². The van der Waals surface area contributed by atoms with E-state index in [4.69, 9.17) is 14.7 Å². The third-order valence-electron chi connectivity index (χ3n) is 7.85. The Labute approximate surface area is 244 Å². The van der Waals surface area contributed by atoms with Crippen molar-refractivity contribution < 1.29 is 4.74 Å². The zero-order valence-electron chi connectivity index (χ0n) is 23.2. The van der Waals surface area contributed by atoms with Gasteiger partial charge in [0.2, 0.25) is 0 Å². The highest BCUT2D eigenvalue weighted by Gasteiger charge is 2.34. The highest BCUT2D eigenvalue weighted by Crippen LogP contribution is 2.49. The zero-order chi connectivity index (χ0) is 28.7. The Morgan fingerprint density at radius 2 is 1.29 bits per heavy atom. The van der Waals surface area contributed by atoms with Crippen molar-refractivity contribution in [1.29, 1.82) is 5.26 Å². The summed E-state index contributed by atoms with van der Waals surface area (Å²) in [6.45, 7) is 4.37. The van der Waals surface area contributed by atoms with Gasteiger partial charge in [-0.3, -0.25) is 4.98 Å². The summed E-state index contributed by atoms with van der Waals surface area (Å²) in [4.78, 5) is 14.5. The van der Waals surface area contributed by atoms with Crippen LogP contribution in [-0.2, 0) is 5.41 Å². The molecule has 2 aromatic heterocycles. The molecule has 4 aromatic carbocycles. The molecular formula is C37H26N4O. The van der Waals surface area contributed by atoms with Crippen LogP contribution in [0.25, 0.3) is 45.2 Å². The first-order chi connectivity index (χ1) is 20.5. The van der Waals surface area contributed by atoms with E-state index in [0.717, 1.165) is 62.0 Å². The quantitative estimate of drug-likeness (QED) is 0.222. The maximum absolute atomic E-state index is 9.38. The summed E-state index contributed by atoms with van der Waals surface area (Å²) < 4.78 is 6.29. The molecule has 0 atom stereocenters. The van der Waals surface area contributed by atoms with E-state index < -0.39 is 0 Å². The summed E-state index contributed by atoms with van der Waals surface area (Å²) in [5.41, 5.74) is 8.96. The van der Waals surface area contributed by atoms with Crippen molar-refractivity contribution in [2.24, 2.45) is 0 Å². The minimum atomic E-state index is -0.327. The van der Waals surface area contributed by atoms with Crippen molar-refractivity contribution in [2.45, 2.75) is 19.3 Å². The van der Waals surface area contributed by atoms with Gasteiger partial charge >= 0.3 is 0 Å². The van der Waals surface area contributed by atoms with Crippen LogP contribution in [0.4, 0.5) is 0 Å². The summed E-state index contributed by atoms with van der Waals surface area (Å²) >= 11 is 0. The Kier molecular flexibility index (Phi) is 6.10. The van der Waals surface area contributed by atoms with Crippen molar-refractivity contribution in [3.8, 4) is 62.7 Å². The Morgan fingerprint density at radius 1 is 0.595 bits per heavy atom. The standard InChI is InChI=1S/C37H26N4O/c1-37(2)29-17-11-24(23-38)20-35(29)42-34-18-16-28(21-30(34)37)33-22-32(40-36(41-33)27-8-4-3-5-9-27)26-14-12-25(13-15-26)31-10-6-7-19-39-31/h3-22H,1-2H3. The van der Waals surface area contributed by atoms with E-state index in [1.54, 1.807) is 6.20 Å². The molecule has 0 aliphatic carbocycles. The average Bonchev–Trinajstić information content (AvgIpc) is 3.05. The summed E-state index contributed by atoms with van der Waals surface area (Å²) in [5.74, 6) is 2.18. The monoisotopic (exact) mass is 542 g/mol. The predicted octanol–water partition coefficient (Wildman–Crippen LogP) is 8.84. The molecule has 0 spiro atoms. The number of pyridine rings is 1. The summed E-state index contributed by atoms with van der Waals surface area (Å²) in [6.07, 6.45) is 1.80. The molecule has 0 amide bonds. The first kappa shape index (κ1) is 25.4. The average molecular weight is 543 g/mol. The number of hydrogen-bond donors (Lipinski definition) is 0. The second-order valence-corrected chi connectivity index (χ2v) is 10.9. The number of nitriles is 1. The number of fused-ring (bicyclic) bond motifs is 2. The molecule has 42 heavy (non-hydrogen) atoms. The zero-order valence-corrected chi connectivity index (χ0v) is 23.2. The smallest absolute Gasteiger partial charge is 0.160 e. The first-order valence-corrected chi connectivity index (χ1v) is 13.8. The van der Waals surface area contributed by atoms with Gasteiger partial charge in [0.1, 0.15) is 11.5 Å². The molecule has 0 fully saturated rings. The van der Waals surface area contributed by atoms with Gasteiger partial charge in [-0.1, -0.05) is 80.6 Å². The summed E-state index contributed by atoms with van der Waals surface area (Å²) in [7, 11) is 0. The van der Waals surface area contributed by atoms with Gasteiger partial charge in [-0.05, 0) is 48.5 Å². The van der Waals surface area contributed by atoms with Crippen molar-refractivity contribution >= 4 is 0 Å². The van der Waals surface area contributed by atoms with Gasteiger partial charge < -0.3 is 4.74 Å². The molecular weight excluding hydrogens is 516 g/mol. The van der Waals surface area contributed by atoms with Crippen molar-refractivity contribution in [3.05, 3.63) is 138 Å². The molecule has 5 heteroatoms. The van der Waals surface area contributed by atoms with E-state index >= 15 is 0 Å².